The number of nitrogens with one attached hydrogen (secondary N) is 1. The van der Waals surface area contributed by atoms with Gasteiger partial charge >= 0.3 is 0 Å². The number of aromatic nitrogens is 2. The Morgan fingerprint density at radius 2 is 2.19 bits per heavy atom. The average Bonchev–Trinajstić information content (AvgIpc) is 3.27. The van der Waals surface area contributed by atoms with Gasteiger partial charge in [0.05, 0.1) is 41.5 Å². The number of furan rings is 1. The molecule has 134 valence electrons. The zero-order valence-corrected chi connectivity index (χ0v) is 14.7. The second kappa shape index (κ2) is 7.30. The monoisotopic (exact) mass is 353 g/mol. The second-order valence-electron chi connectivity index (χ2n) is 5.82. The minimum atomic E-state index is -0.450. The average molecular weight is 353 g/mol. The molecule has 0 radical (unpaired) electrons. The third kappa shape index (κ3) is 3.39. The molecular weight excluding hydrogens is 334 g/mol. The summed E-state index contributed by atoms with van der Waals surface area (Å²) in [4.78, 5) is 32.7. The highest BCUT2D eigenvalue weighted by molar-refractivity contribution is 6.27. The van der Waals surface area contributed by atoms with E-state index in [1.54, 1.807) is 25.3 Å². The molecule has 1 N–H and O–H groups in total. The Balaban J connectivity index is 1.89. The summed E-state index contributed by atoms with van der Waals surface area (Å²) < 4.78 is 6.66. The summed E-state index contributed by atoms with van der Waals surface area (Å²) in [6, 6.07) is 3.54. The Labute approximate surface area is 150 Å². The molecule has 0 atom stereocenters. The number of hydrogen-bond donors (Lipinski definition) is 1. The molecule has 1 aliphatic rings. The lowest BCUT2D eigenvalue weighted by molar-refractivity contribution is -0.113. The summed E-state index contributed by atoms with van der Waals surface area (Å²) in [5.74, 6) is 0.0791. The Morgan fingerprint density at radius 1 is 1.38 bits per heavy atom. The van der Waals surface area contributed by atoms with E-state index >= 15 is 0 Å². The fourth-order valence-electron chi connectivity index (χ4n) is 2.54. The van der Waals surface area contributed by atoms with Crippen molar-refractivity contribution < 1.29 is 14.0 Å². The highest BCUT2D eigenvalue weighted by Crippen LogP contribution is 2.15. The Hall–Kier alpha value is -3.29. The van der Waals surface area contributed by atoms with E-state index in [4.69, 9.17) is 4.42 Å². The SMILES string of the molecule is C=C1C(=O)N=C(n2ncc(C(=O)NCc3ccco3)c2CCC)N=C1C. The van der Waals surface area contributed by atoms with Crippen LogP contribution >= 0.6 is 0 Å². The van der Waals surface area contributed by atoms with E-state index in [0.717, 1.165) is 6.42 Å². The van der Waals surface area contributed by atoms with Crippen molar-refractivity contribution >= 4 is 23.5 Å². The maximum atomic E-state index is 12.5. The molecule has 0 aromatic carbocycles. The van der Waals surface area contributed by atoms with Gasteiger partial charge in [-0.3, -0.25) is 9.59 Å². The Kier molecular flexibility index (Phi) is 4.92. The zero-order valence-electron chi connectivity index (χ0n) is 14.7. The van der Waals surface area contributed by atoms with E-state index in [2.05, 4.69) is 27.0 Å². The molecule has 0 aliphatic carbocycles. The molecule has 2 aromatic heterocycles. The van der Waals surface area contributed by atoms with Gasteiger partial charge < -0.3 is 9.73 Å². The normalized spacial score (nSPS) is 14.2. The lowest BCUT2D eigenvalue weighted by Gasteiger charge is -2.13. The van der Waals surface area contributed by atoms with Crippen molar-refractivity contribution in [2.45, 2.75) is 33.2 Å². The van der Waals surface area contributed by atoms with Gasteiger partial charge in [-0.05, 0) is 25.5 Å². The fourth-order valence-corrected chi connectivity index (χ4v) is 2.54. The summed E-state index contributed by atoms with van der Waals surface area (Å²) in [7, 11) is 0. The van der Waals surface area contributed by atoms with Gasteiger partial charge in [-0.2, -0.15) is 10.1 Å². The predicted octanol–water partition coefficient (Wildman–Crippen LogP) is 2.12. The van der Waals surface area contributed by atoms with Crippen molar-refractivity contribution in [1.82, 2.24) is 15.1 Å². The number of amides is 2. The number of carbonyl (C=O) groups excluding carboxylic acids is 2. The van der Waals surface area contributed by atoms with Gasteiger partial charge in [0.25, 0.3) is 17.8 Å². The standard InChI is InChI=1S/C18H19N5O3/c1-4-6-15-14(17(25)19-9-13-7-5-8-26-13)10-20-23(15)18-21-12(3)11(2)16(24)22-18/h5,7-8,10H,2,4,6,9H2,1,3H3,(H,19,25). The van der Waals surface area contributed by atoms with Gasteiger partial charge in [0.1, 0.15) is 5.76 Å². The van der Waals surface area contributed by atoms with Crippen LogP contribution in [0.3, 0.4) is 0 Å². The van der Waals surface area contributed by atoms with Gasteiger partial charge in [-0.25, -0.2) is 9.67 Å². The van der Waals surface area contributed by atoms with Crippen LogP contribution in [0.5, 0.6) is 0 Å². The quantitative estimate of drug-likeness (QED) is 0.832. The van der Waals surface area contributed by atoms with E-state index in [-0.39, 0.29) is 24.0 Å². The van der Waals surface area contributed by atoms with Crippen molar-refractivity contribution in [1.29, 1.82) is 0 Å². The molecule has 3 heterocycles. The van der Waals surface area contributed by atoms with E-state index in [1.807, 2.05) is 6.92 Å². The Bertz CT molecular complexity index is 919. The van der Waals surface area contributed by atoms with Crippen LogP contribution in [0.2, 0.25) is 0 Å². The molecule has 1 aliphatic heterocycles. The summed E-state index contributed by atoms with van der Waals surface area (Å²) in [6.07, 6.45) is 4.39. The molecule has 8 heteroatoms. The molecule has 0 bridgehead atoms. The predicted molar refractivity (Wildman–Crippen MR) is 96.2 cm³/mol. The molecule has 0 unspecified atom stereocenters. The largest absolute Gasteiger partial charge is 0.467 e. The van der Waals surface area contributed by atoms with Crippen LogP contribution in [-0.2, 0) is 17.8 Å². The lowest BCUT2D eigenvalue weighted by Crippen LogP contribution is -2.26. The van der Waals surface area contributed by atoms with E-state index in [9.17, 15) is 9.59 Å². The summed E-state index contributed by atoms with van der Waals surface area (Å²) in [6.45, 7) is 7.61. The minimum Gasteiger partial charge on any atom is -0.467 e. The third-order valence-corrected chi connectivity index (χ3v) is 3.96. The van der Waals surface area contributed by atoms with Gasteiger partial charge in [0.2, 0.25) is 0 Å². The molecule has 2 aromatic rings. The van der Waals surface area contributed by atoms with E-state index < -0.39 is 5.91 Å². The summed E-state index contributed by atoms with van der Waals surface area (Å²) in [5.41, 5.74) is 1.82. The number of nitrogens with zero attached hydrogens (tertiary/aromatic N) is 4. The molecule has 0 saturated heterocycles. The maximum Gasteiger partial charge on any atom is 0.281 e. The lowest BCUT2D eigenvalue weighted by atomic mass is 10.1. The topological polar surface area (TPSA) is 102 Å². The first-order chi connectivity index (χ1) is 12.5. The maximum absolute atomic E-state index is 12.5. The van der Waals surface area contributed by atoms with Crippen molar-refractivity contribution in [3.8, 4) is 0 Å². The van der Waals surface area contributed by atoms with Crippen molar-refractivity contribution in [3.05, 3.63) is 53.8 Å². The smallest absolute Gasteiger partial charge is 0.281 e. The van der Waals surface area contributed by atoms with Crippen LogP contribution < -0.4 is 5.32 Å². The van der Waals surface area contributed by atoms with Crippen LogP contribution in [-0.4, -0.2) is 33.3 Å². The highest BCUT2D eigenvalue weighted by atomic mass is 16.3. The number of carbonyl (C=O) groups is 2. The van der Waals surface area contributed by atoms with Crippen LogP contribution in [0.4, 0.5) is 0 Å². The first-order valence-corrected chi connectivity index (χ1v) is 8.26. The molecule has 3 rings (SSSR count). The number of rotatable bonds is 5. The first-order valence-electron chi connectivity index (χ1n) is 8.26. The highest BCUT2D eigenvalue weighted by Gasteiger charge is 2.23. The first kappa shape index (κ1) is 17.5. The molecule has 8 nitrogen and oxygen atoms in total. The van der Waals surface area contributed by atoms with Crippen LogP contribution in [0.15, 0.2) is 51.1 Å². The zero-order chi connectivity index (χ0) is 18.7. The molecule has 0 spiro atoms. The van der Waals surface area contributed by atoms with Gasteiger partial charge in [-0.15, -0.1) is 0 Å². The van der Waals surface area contributed by atoms with E-state index in [1.165, 1.54) is 10.9 Å². The van der Waals surface area contributed by atoms with Gasteiger partial charge in [-0.1, -0.05) is 19.9 Å². The van der Waals surface area contributed by atoms with Crippen LogP contribution in [0.25, 0.3) is 0 Å². The van der Waals surface area contributed by atoms with Crippen LogP contribution in [0.1, 0.15) is 42.1 Å². The van der Waals surface area contributed by atoms with Gasteiger partial charge in [0, 0.05) is 0 Å². The van der Waals surface area contributed by atoms with Crippen molar-refractivity contribution in [2.24, 2.45) is 9.98 Å². The molecule has 0 saturated carbocycles. The molecule has 0 fully saturated rings. The molecular formula is C18H19N5O3. The fraction of sp³-hybridized carbons (Fsp3) is 0.278. The van der Waals surface area contributed by atoms with Gasteiger partial charge in [0.15, 0.2) is 0 Å². The van der Waals surface area contributed by atoms with Crippen molar-refractivity contribution in [3.63, 3.8) is 0 Å². The molecule has 26 heavy (non-hydrogen) atoms. The van der Waals surface area contributed by atoms with Crippen molar-refractivity contribution in [2.75, 3.05) is 0 Å². The second-order valence-corrected chi connectivity index (χ2v) is 5.82. The number of hydrogen-bond acceptors (Lipinski definition) is 5. The number of aliphatic imine (C=N–C) groups is 2. The minimum absolute atomic E-state index is 0.147. The van der Waals surface area contributed by atoms with E-state index in [0.29, 0.717) is 29.2 Å². The Morgan fingerprint density at radius 3 is 2.85 bits per heavy atom. The molecule has 2 amide bonds. The third-order valence-electron chi connectivity index (χ3n) is 3.96. The van der Waals surface area contributed by atoms with Crippen LogP contribution in [0, 0.1) is 0 Å². The summed E-state index contributed by atoms with van der Waals surface area (Å²) >= 11 is 0. The summed E-state index contributed by atoms with van der Waals surface area (Å²) in [5, 5.41) is 7.03.